The Bertz CT molecular complexity index is 328. The number of carbonyl (C=O) groups excluding carboxylic acids is 1. The molecule has 1 aliphatic rings. The molecule has 2 N–H and O–H groups in total. The molecular weight excluding hydrogens is 270 g/mol. The zero-order valence-electron chi connectivity index (χ0n) is 13.3. The highest BCUT2D eigenvalue weighted by atomic mass is 16.5. The van der Waals surface area contributed by atoms with Gasteiger partial charge >= 0.3 is 5.97 Å². The van der Waals surface area contributed by atoms with Gasteiger partial charge < -0.3 is 15.2 Å². The summed E-state index contributed by atoms with van der Waals surface area (Å²) in [6.07, 6.45) is 6.00. The highest BCUT2D eigenvalue weighted by molar-refractivity contribution is 5.76. The number of ether oxygens (including phenoxy) is 1. The molecular formula is C16H29NO4. The van der Waals surface area contributed by atoms with Crippen molar-refractivity contribution in [3.8, 4) is 0 Å². The molecule has 1 heterocycles. The predicted molar refractivity (Wildman–Crippen MR) is 81.1 cm³/mol. The van der Waals surface area contributed by atoms with E-state index in [-0.39, 0.29) is 24.5 Å². The molecule has 0 spiro atoms. The summed E-state index contributed by atoms with van der Waals surface area (Å²) in [6.45, 7) is 5.08. The van der Waals surface area contributed by atoms with E-state index >= 15 is 0 Å². The fourth-order valence-electron chi connectivity index (χ4n) is 2.96. The Kier molecular flexibility index (Phi) is 8.35. The first-order chi connectivity index (χ1) is 10.1. The normalized spacial score (nSPS) is 22.2. The Labute approximate surface area is 127 Å². The molecule has 122 valence electrons. The van der Waals surface area contributed by atoms with Gasteiger partial charge in [-0.1, -0.05) is 26.7 Å². The molecule has 2 atom stereocenters. The quantitative estimate of drug-likeness (QED) is 0.642. The molecule has 5 heteroatoms. The first-order valence-corrected chi connectivity index (χ1v) is 8.19. The maximum absolute atomic E-state index is 11.9. The monoisotopic (exact) mass is 299 g/mol. The van der Waals surface area contributed by atoms with E-state index in [1.807, 2.05) is 0 Å². The molecule has 0 aliphatic carbocycles. The summed E-state index contributed by atoms with van der Waals surface area (Å²) in [5.74, 6) is -0.191. The van der Waals surface area contributed by atoms with Crippen LogP contribution < -0.4 is 5.32 Å². The Hall–Kier alpha value is -1.10. The second kappa shape index (κ2) is 9.77. The van der Waals surface area contributed by atoms with Gasteiger partial charge in [0, 0.05) is 25.5 Å². The van der Waals surface area contributed by atoms with Crippen molar-refractivity contribution in [2.75, 3.05) is 6.61 Å². The maximum Gasteiger partial charge on any atom is 0.303 e. The van der Waals surface area contributed by atoms with E-state index in [0.29, 0.717) is 31.8 Å². The molecule has 0 radical (unpaired) electrons. The van der Waals surface area contributed by atoms with Gasteiger partial charge in [0.1, 0.15) is 0 Å². The third-order valence-corrected chi connectivity index (χ3v) is 4.30. The molecule has 5 nitrogen and oxygen atoms in total. The van der Waals surface area contributed by atoms with Crippen LogP contribution in [0, 0.1) is 5.92 Å². The van der Waals surface area contributed by atoms with Gasteiger partial charge in [-0.2, -0.15) is 0 Å². The maximum atomic E-state index is 11.9. The number of carboxylic acid groups (broad SMARTS) is 1. The minimum absolute atomic E-state index is 0.0376. The minimum atomic E-state index is -0.798. The largest absolute Gasteiger partial charge is 0.481 e. The van der Waals surface area contributed by atoms with Crippen molar-refractivity contribution in [3.63, 3.8) is 0 Å². The van der Waals surface area contributed by atoms with Crippen LogP contribution in [0.25, 0.3) is 0 Å². The van der Waals surface area contributed by atoms with E-state index in [9.17, 15) is 9.59 Å². The van der Waals surface area contributed by atoms with Crippen molar-refractivity contribution in [1.29, 1.82) is 0 Å². The molecule has 1 amide bonds. The molecule has 2 unspecified atom stereocenters. The van der Waals surface area contributed by atoms with Gasteiger partial charge in [0.25, 0.3) is 0 Å². The van der Waals surface area contributed by atoms with Gasteiger partial charge in [0.15, 0.2) is 0 Å². The Balaban J connectivity index is 2.27. The number of carboxylic acids is 1. The van der Waals surface area contributed by atoms with E-state index in [2.05, 4.69) is 19.2 Å². The molecule has 1 aliphatic heterocycles. The predicted octanol–water partition coefficient (Wildman–Crippen LogP) is 2.73. The molecule has 0 aromatic rings. The third-order valence-electron chi connectivity index (χ3n) is 4.30. The van der Waals surface area contributed by atoms with E-state index in [1.54, 1.807) is 0 Å². The number of amides is 1. The highest BCUT2D eigenvalue weighted by Crippen LogP contribution is 2.25. The van der Waals surface area contributed by atoms with Gasteiger partial charge in [-0.25, -0.2) is 0 Å². The highest BCUT2D eigenvalue weighted by Gasteiger charge is 2.28. The Morgan fingerprint density at radius 1 is 1.24 bits per heavy atom. The van der Waals surface area contributed by atoms with Crippen molar-refractivity contribution in [3.05, 3.63) is 0 Å². The number of carbonyl (C=O) groups is 2. The van der Waals surface area contributed by atoms with Crippen LogP contribution in [0.5, 0.6) is 0 Å². The van der Waals surface area contributed by atoms with E-state index < -0.39 is 5.97 Å². The lowest BCUT2D eigenvalue weighted by Gasteiger charge is -2.34. The van der Waals surface area contributed by atoms with Crippen LogP contribution in [0.15, 0.2) is 0 Å². The van der Waals surface area contributed by atoms with Crippen LogP contribution in [0.4, 0.5) is 0 Å². The minimum Gasteiger partial charge on any atom is -0.481 e. The zero-order valence-corrected chi connectivity index (χ0v) is 13.3. The topological polar surface area (TPSA) is 75.6 Å². The van der Waals surface area contributed by atoms with E-state index in [4.69, 9.17) is 9.84 Å². The summed E-state index contributed by atoms with van der Waals surface area (Å²) in [4.78, 5) is 22.3. The van der Waals surface area contributed by atoms with Crippen molar-refractivity contribution in [2.24, 2.45) is 5.92 Å². The van der Waals surface area contributed by atoms with Crippen molar-refractivity contribution < 1.29 is 19.4 Å². The fraction of sp³-hybridized carbons (Fsp3) is 0.875. The molecule has 0 aromatic carbocycles. The number of rotatable bonds is 9. The SMILES string of the molecule is CCC(CC)C1CC(NC(=O)CCCCC(=O)O)CCO1. The van der Waals surface area contributed by atoms with Crippen molar-refractivity contribution in [1.82, 2.24) is 5.32 Å². The first kappa shape index (κ1) is 18.0. The summed E-state index contributed by atoms with van der Waals surface area (Å²) in [6, 6.07) is 0.205. The third kappa shape index (κ3) is 6.93. The van der Waals surface area contributed by atoms with Crippen LogP contribution in [-0.2, 0) is 14.3 Å². The van der Waals surface area contributed by atoms with Gasteiger partial charge in [0.05, 0.1) is 6.10 Å². The first-order valence-electron chi connectivity index (χ1n) is 8.19. The molecule has 1 fully saturated rings. The molecule has 0 saturated carbocycles. The average Bonchev–Trinajstić information content (AvgIpc) is 2.45. The summed E-state index contributed by atoms with van der Waals surface area (Å²) >= 11 is 0. The second-order valence-electron chi connectivity index (χ2n) is 5.88. The Morgan fingerprint density at radius 3 is 2.52 bits per heavy atom. The fourth-order valence-corrected chi connectivity index (χ4v) is 2.96. The number of unbranched alkanes of at least 4 members (excludes halogenated alkanes) is 1. The van der Waals surface area contributed by atoms with E-state index in [1.165, 1.54) is 0 Å². The zero-order chi connectivity index (χ0) is 15.7. The number of hydrogen-bond donors (Lipinski definition) is 2. The lowest BCUT2D eigenvalue weighted by molar-refractivity contribution is -0.137. The van der Waals surface area contributed by atoms with Crippen LogP contribution in [0.1, 0.15) is 65.2 Å². The molecule has 1 rings (SSSR count). The Morgan fingerprint density at radius 2 is 1.90 bits per heavy atom. The van der Waals surface area contributed by atoms with Gasteiger partial charge in [-0.05, 0) is 31.6 Å². The molecule has 0 aromatic heterocycles. The average molecular weight is 299 g/mol. The van der Waals surface area contributed by atoms with Crippen LogP contribution in [-0.4, -0.2) is 35.7 Å². The van der Waals surface area contributed by atoms with Gasteiger partial charge in [0.2, 0.25) is 5.91 Å². The van der Waals surface area contributed by atoms with Gasteiger partial charge in [-0.3, -0.25) is 9.59 Å². The second-order valence-corrected chi connectivity index (χ2v) is 5.88. The summed E-state index contributed by atoms with van der Waals surface area (Å²) < 4.78 is 5.84. The smallest absolute Gasteiger partial charge is 0.303 e. The van der Waals surface area contributed by atoms with E-state index in [0.717, 1.165) is 25.7 Å². The summed E-state index contributed by atoms with van der Waals surface area (Å²) in [5, 5.41) is 11.6. The van der Waals surface area contributed by atoms with Gasteiger partial charge in [-0.15, -0.1) is 0 Å². The van der Waals surface area contributed by atoms with Crippen LogP contribution in [0.3, 0.4) is 0 Å². The number of nitrogens with one attached hydrogen (secondary N) is 1. The molecule has 0 bridgehead atoms. The molecule has 21 heavy (non-hydrogen) atoms. The summed E-state index contributed by atoms with van der Waals surface area (Å²) in [7, 11) is 0. The molecule has 1 saturated heterocycles. The lowest BCUT2D eigenvalue weighted by atomic mass is 9.89. The van der Waals surface area contributed by atoms with Crippen molar-refractivity contribution >= 4 is 11.9 Å². The number of hydrogen-bond acceptors (Lipinski definition) is 3. The van der Waals surface area contributed by atoms with Crippen molar-refractivity contribution in [2.45, 2.75) is 77.4 Å². The number of aliphatic carboxylic acids is 1. The lowest BCUT2D eigenvalue weighted by Crippen LogP contribution is -2.44. The van der Waals surface area contributed by atoms with Crippen LogP contribution in [0.2, 0.25) is 0 Å². The van der Waals surface area contributed by atoms with Crippen LogP contribution >= 0.6 is 0 Å². The standard InChI is InChI=1S/C16H29NO4/c1-3-12(4-2)14-11-13(9-10-21-14)17-15(18)7-5-6-8-16(19)20/h12-14H,3-11H2,1-2H3,(H,17,18)(H,19,20). The summed E-state index contributed by atoms with van der Waals surface area (Å²) in [5.41, 5.74) is 0.